The highest BCUT2D eigenvalue weighted by Crippen LogP contribution is 2.28. The van der Waals surface area contributed by atoms with Gasteiger partial charge in [0, 0.05) is 13.2 Å². The van der Waals surface area contributed by atoms with E-state index in [1.807, 2.05) is 18.2 Å². The highest BCUT2D eigenvalue weighted by Gasteiger charge is 2.30. The third-order valence-corrected chi connectivity index (χ3v) is 4.99. The molecule has 0 heterocycles. The molecule has 1 unspecified atom stereocenters. The predicted octanol–water partition coefficient (Wildman–Crippen LogP) is 3.96. The average molecular weight is 318 g/mol. The first-order valence-electron chi connectivity index (χ1n) is 8.85. The molecule has 0 saturated heterocycles. The highest BCUT2D eigenvalue weighted by molar-refractivity contribution is 5.74. The van der Waals surface area contributed by atoms with E-state index in [4.69, 9.17) is 4.74 Å². The fourth-order valence-electron chi connectivity index (χ4n) is 3.39. The van der Waals surface area contributed by atoms with Crippen LogP contribution in [0.1, 0.15) is 57.4 Å². The van der Waals surface area contributed by atoms with Crippen molar-refractivity contribution in [3.63, 3.8) is 0 Å². The molecule has 128 valence electrons. The van der Waals surface area contributed by atoms with Crippen molar-refractivity contribution in [3.05, 3.63) is 35.9 Å². The van der Waals surface area contributed by atoms with Crippen LogP contribution in [-0.2, 0) is 10.3 Å². The molecule has 0 spiro atoms. The minimum absolute atomic E-state index is 0.0808. The predicted molar refractivity (Wildman–Crippen MR) is 93.4 cm³/mol. The van der Waals surface area contributed by atoms with Crippen molar-refractivity contribution in [1.29, 1.82) is 0 Å². The Morgan fingerprint density at radius 2 is 1.83 bits per heavy atom. The highest BCUT2D eigenvalue weighted by atomic mass is 16.5. The normalized spacial score (nSPS) is 18.7. The molecular weight excluding hydrogens is 288 g/mol. The van der Waals surface area contributed by atoms with E-state index < -0.39 is 5.60 Å². The van der Waals surface area contributed by atoms with Gasteiger partial charge in [0.15, 0.2) is 0 Å². The van der Waals surface area contributed by atoms with Crippen LogP contribution in [0.2, 0.25) is 0 Å². The Morgan fingerprint density at radius 1 is 1.17 bits per heavy atom. The van der Waals surface area contributed by atoms with Gasteiger partial charge in [0.25, 0.3) is 0 Å². The maximum Gasteiger partial charge on any atom is 0.315 e. The SMILES string of the molecule is CCC(CNC(=O)NC1CCCCCC1)(OC)c1ccccc1. The van der Waals surface area contributed by atoms with E-state index >= 15 is 0 Å². The Labute approximate surface area is 140 Å². The summed E-state index contributed by atoms with van der Waals surface area (Å²) in [6.07, 6.45) is 7.99. The summed E-state index contributed by atoms with van der Waals surface area (Å²) in [5.41, 5.74) is 0.627. The summed E-state index contributed by atoms with van der Waals surface area (Å²) < 4.78 is 5.79. The molecule has 1 aliphatic rings. The van der Waals surface area contributed by atoms with Gasteiger partial charge >= 0.3 is 6.03 Å². The van der Waals surface area contributed by atoms with E-state index in [-0.39, 0.29) is 6.03 Å². The summed E-state index contributed by atoms with van der Waals surface area (Å²) in [4.78, 5) is 12.3. The van der Waals surface area contributed by atoms with Crippen LogP contribution in [0, 0.1) is 0 Å². The first kappa shape index (κ1) is 17.8. The zero-order chi connectivity index (χ0) is 16.5. The van der Waals surface area contributed by atoms with Crippen molar-refractivity contribution in [2.24, 2.45) is 0 Å². The fraction of sp³-hybridized carbons (Fsp3) is 0.632. The topological polar surface area (TPSA) is 50.4 Å². The summed E-state index contributed by atoms with van der Waals surface area (Å²) in [6, 6.07) is 10.3. The number of rotatable bonds is 6. The first-order chi connectivity index (χ1) is 11.2. The van der Waals surface area contributed by atoms with Gasteiger partial charge in [-0.2, -0.15) is 0 Å². The summed E-state index contributed by atoms with van der Waals surface area (Å²) in [5.74, 6) is 0. The van der Waals surface area contributed by atoms with Crippen LogP contribution < -0.4 is 10.6 Å². The molecule has 1 aromatic carbocycles. The molecule has 1 saturated carbocycles. The van der Waals surface area contributed by atoms with Gasteiger partial charge in [0.05, 0.1) is 6.54 Å². The molecule has 0 aliphatic heterocycles. The zero-order valence-electron chi connectivity index (χ0n) is 14.4. The second-order valence-corrected chi connectivity index (χ2v) is 6.43. The Hall–Kier alpha value is -1.55. The van der Waals surface area contributed by atoms with Crippen molar-refractivity contribution in [3.8, 4) is 0 Å². The van der Waals surface area contributed by atoms with Crippen molar-refractivity contribution in [1.82, 2.24) is 10.6 Å². The Morgan fingerprint density at radius 3 is 2.39 bits per heavy atom. The van der Waals surface area contributed by atoms with Crippen LogP contribution >= 0.6 is 0 Å². The summed E-state index contributed by atoms with van der Waals surface area (Å²) >= 11 is 0. The molecule has 4 heteroatoms. The van der Waals surface area contributed by atoms with E-state index in [0.29, 0.717) is 12.6 Å². The van der Waals surface area contributed by atoms with Crippen LogP contribution in [0.5, 0.6) is 0 Å². The van der Waals surface area contributed by atoms with Gasteiger partial charge in [0.2, 0.25) is 0 Å². The Bertz CT molecular complexity index is 464. The summed E-state index contributed by atoms with van der Waals surface area (Å²) in [7, 11) is 1.71. The third kappa shape index (κ3) is 4.96. The van der Waals surface area contributed by atoms with Crippen molar-refractivity contribution >= 4 is 6.03 Å². The lowest BCUT2D eigenvalue weighted by Crippen LogP contribution is -2.48. The van der Waals surface area contributed by atoms with Gasteiger partial charge in [-0.3, -0.25) is 0 Å². The van der Waals surface area contributed by atoms with E-state index in [1.54, 1.807) is 7.11 Å². The van der Waals surface area contributed by atoms with Gasteiger partial charge in [-0.1, -0.05) is 62.9 Å². The standard InChI is InChI=1S/C19H30N2O2/c1-3-19(23-2,16-11-7-6-8-12-16)15-20-18(22)21-17-13-9-4-5-10-14-17/h6-8,11-12,17H,3-5,9-10,13-15H2,1-2H3,(H2,20,21,22). The van der Waals surface area contributed by atoms with Crippen molar-refractivity contribution < 1.29 is 9.53 Å². The van der Waals surface area contributed by atoms with E-state index in [0.717, 1.165) is 24.8 Å². The van der Waals surface area contributed by atoms with Crippen LogP contribution in [0.3, 0.4) is 0 Å². The smallest absolute Gasteiger partial charge is 0.315 e. The molecule has 4 nitrogen and oxygen atoms in total. The number of nitrogens with one attached hydrogen (secondary N) is 2. The third-order valence-electron chi connectivity index (χ3n) is 4.99. The minimum Gasteiger partial charge on any atom is -0.372 e. The van der Waals surface area contributed by atoms with Crippen LogP contribution in [-0.4, -0.2) is 25.7 Å². The quantitative estimate of drug-likeness (QED) is 0.780. The number of benzene rings is 1. The van der Waals surface area contributed by atoms with Crippen LogP contribution in [0.15, 0.2) is 30.3 Å². The van der Waals surface area contributed by atoms with Gasteiger partial charge in [-0.25, -0.2) is 4.79 Å². The lowest BCUT2D eigenvalue weighted by atomic mass is 9.90. The number of carbonyl (C=O) groups is 1. The Balaban J connectivity index is 1.92. The average Bonchev–Trinajstić information content (AvgIpc) is 2.86. The zero-order valence-corrected chi connectivity index (χ0v) is 14.4. The molecule has 1 atom stereocenters. The van der Waals surface area contributed by atoms with E-state index in [1.165, 1.54) is 25.7 Å². The largest absolute Gasteiger partial charge is 0.372 e. The van der Waals surface area contributed by atoms with E-state index in [9.17, 15) is 4.79 Å². The van der Waals surface area contributed by atoms with Gasteiger partial charge < -0.3 is 15.4 Å². The lowest BCUT2D eigenvalue weighted by molar-refractivity contribution is -0.0152. The number of urea groups is 1. The number of carbonyl (C=O) groups excluding carboxylic acids is 1. The minimum atomic E-state index is -0.470. The Kier molecular flexibility index (Phi) is 6.90. The number of hydrogen-bond acceptors (Lipinski definition) is 2. The van der Waals surface area contributed by atoms with Gasteiger partial charge in [-0.05, 0) is 24.8 Å². The van der Waals surface area contributed by atoms with Crippen molar-refractivity contribution in [2.45, 2.75) is 63.5 Å². The van der Waals surface area contributed by atoms with Crippen LogP contribution in [0.25, 0.3) is 0 Å². The van der Waals surface area contributed by atoms with Crippen molar-refractivity contribution in [2.75, 3.05) is 13.7 Å². The van der Waals surface area contributed by atoms with Crippen LogP contribution in [0.4, 0.5) is 4.79 Å². The molecule has 1 aliphatic carbocycles. The molecule has 1 aromatic rings. The molecule has 2 rings (SSSR count). The molecule has 1 fully saturated rings. The fourth-order valence-corrected chi connectivity index (χ4v) is 3.39. The number of hydrogen-bond donors (Lipinski definition) is 2. The number of amides is 2. The van der Waals surface area contributed by atoms with Gasteiger partial charge in [0.1, 0.15) is 5.60 Å². The molecule has 2 amide bonds. The summed E-state index contributed by atoms with van der Waals surface area (Å²) in [6.45, 7) is 2.56. The monoisotopic (exact) mass is 318 g/mol. The second-order valence-electron chi connectivity index (χ2n) is 6.43. The summed E-state index contributed by atoms with van der Waals surface area (Å²) in [5, 5.41) is 6.14. The number of ether oxygens (including phenoxy) is 1. The molecule has 0 bridgehead atoms. The molecule has 23 heavy (non-hydrogen) atoms. The molecular formula is C19H30N2O2. The second kappa shape index (κ2) is 8.92. The van der Waals surface area contributed by atoms with E-state index in [2.05, 4.69) is 29.7 Å². The molecule has 2 N–H and O–H groups in total. The maximum absolute atomic E-state index is 12.3. The maximum atomic E-state index is 12.3. The van der Waals surface area contributed by atoms with Gasteiger partial charge in [-0.15, -0.1) is 0 Å². The lowest BCUT2D eigenvalue weighted by Gasteiger charge is -2.32. The molecule has 0 aromatic heterocycles. The number of methoxy groups -OCH3 is 1. The molecule has 0 radical (unpaired) electrons. The first-order valence-corrected chi connectivity index (χ1v) is 8.85.